The lowest BCUT2D eigenvalue weighted by Crippen LogP contribution is -2.51. The molecule has 0 aromatic heterocycles. The molecule has 0 spiro atoms. The maximum absolute atomic E-state index is 12.0. The smallest absolute Gasteiger partial charge is 0.237 e. The number of anilines is 1. The van der Waals surface area contributed by atoms with Crippen LogP contribution in [0.5, 0.6) is 0 Å². The molecule has 112 valence electrons. The maximum atomic E-state index is 12.0. The van der Waals surface area contributed by atoms with Gasteiger partial charge in [0.2, 0.25) is 5.91 Å². The van der Waals surface area contributed by atoms with E-state index in [9.17, 15) is 4.79 Å². The van der Waals surface area contributed by atoms with Gasteiger partial charge in [-0.25, -0.2) is 0 Å². The molecule has 1 unspecified atom stereocenters. The summed E-state index contributed by atoms with van der Waals surface area (Å²) in [6.07, 6.45) is 0. The predicted molar refractivity (Wildman–Crippen MR) is 84.7 cm³/mol. The minimum atomic E-state index is -0.489. The zero-order chi connectivity index (χ0) is 15.3. The molecule has 20 heavy (non-hydrogen) atoms. The predicted octanol–water partition coefficient (Wildman–Crippen LogP) is 2.00. The first kappa shape index (κ1) is 16.5. The zero-order valence-corrected chi connectivity index (χ0v) is 13.2. The molecule has 3 N–H and O–H groups in total. The van der Waals surface area contributed by atoms with E-state index in [0.717, 1.165) is 5.69 Å². The average Bonchev–Trinajstić information content (AvgIpc) is 2.42. The number of carbonyl (C=O) groups is 1. The Morgan fingerprint density at radius 3 is 2.35 bits per heavy atom. The van der Waals surface area contributed by atoms with Crippen molar-refractivity contribution in [3.63, 3.8) is 0 Å². The summed E-state index contributed by atoms with van der Waals surface area (Å²) >= 11 is 0. The van der Waals surface area contributed by atoms with E-state index < -0.39 is 6.04 Å². The Hall–Kier alpha value is -1.55. The average molecular weight is 277 g/mol. The van der Waals surface area contributed by atoms with Gasteiger partial charge in [0.25, 0.3) is 0 Å². The van der Waals surface area contributed by atoms with Crippen LogP contribution < -0.4 is 16.0 Å². The second-order valence-corrected chi connectivity index (χ2v) is 6.38. The second-order valence-electron chi connectivity index (χ2n) is 6.38. The van der Waals surface area contributed by atoms with E-state index in [-0.39, 0.29) is 17.4 Å². The summed E-state index contributed by atoms with van der Waals surface area (Å²) in [5, 5.41) is 2.93. The van der Waals surface area contributed by atoms with Crippen LogP contribution >= 0.6 is 0 Å². The molecule has 1 rings (SSSR count). The van der Waals surface area contributed by atoms with Gasteiger partial charge in [0.15, 0.2) is 0 Å². The SMILES string of the molecule is CC(CNC(=O)[C@@H](N)C(C)(C)C)N(C)c1ccccc1. The standard InChI is InChI=1S/C16H27N3O/c1-12(19(5)13-9-7-6-8-10-13)11-18-15(20)14(17)16(2,3)4/h6-10,12,14H,11,17H2,1-5H3,(H,18,20)/t12?,14-/m1/s1. The van der Waals surface area contributed by atoms with Crippen molar-refractivity contribution in [2.45, 2.75) is 39.8 Å². The van der Waals surface area contributed by atoms with Crippen molar-refractivity contribution in [2.24, 2.45) is 11.1 Å². The summed E-state index contributed by atoms with van der Waals surface area (Å²) in [4.78, 5) is 14.1. The Labute approximate surface area is 122 Å². The van der Waals surface area contributed by atoms with Crippen molar-refractivity contribution in [3.05, 3.63) is 30.3 Å². The van der Waals surface area contributed by atoms with E-state index in [2.05, 4.69) is 29.3 Å². The molecule has 0 aliphatic carbocycles. The Balaban J connectivity index is 2.51. The Bertz CT molecular complexity index is 425. The molecule has 0 fully saturated rings. The normalized spacial score (nSPS) is 14.5. The van der Waals surface area contributed by atoms with Gasteiger partial charge in [-0.2, -0.15) is 0 Å². The minimum absolute atomic E-state index is 0.0918. The Morgan fingerprint density at radius 2 is 1.85 bits per heavy atom. The lowest BCUT2D eigenvalue weighted by Gasteiger charge is -2.29. The van der Waals surface area contributed by atoms with Crippen LogP contribution in [-0.4, -0.2) is 31.6 Å². The van der Waals surface area contributed by atoms with Gasteiger partial charge in [0.05, 0.1) is 6.04 Å². The van der Waals surface area contributed by atoms with Gasteiger partial charge in [-0.3, -0.25) is 4.79 Å². The summed E-state index contributed by atoms with van der Waals surface area (Å²) in [6.45, 7) is 8.56. The molecule has 0 aliphatic heterocycles. The van der Waals surface area contributed by atoms with E-state index >= 15 is 0 Å². The quantitative estimate of drug-likeness (QED) is 0.865. The van der Waals surface area contributed by atoms with E-state index in [1.165, 1.54) is 0 Å². The summed E-state index contributed by atoms with van der Waals surface area (Å²) in [5.41, 5.74) is 6.85. The van der Waals surface area contributed by atoms with Crippen molar-refractivity contribution in [1.82, 2.24) is 5.32 Å². The molecule has 1 amide bonds. The molecule has 0 heterocycles. The Morgan fingerprint density at radius 1 is 1.30 bits per heavy atom. The summed E-state index contributed by atoms with van der Waals surface area (Å²) in [5.74, 6) is -0.0918. The Kier molecular flexibility index (Phi) is 5.57. The third-order valence-corrected chi connectivity index (χ3v) is 3.61. The van der Waals surface area contributed by atoms with Gasteiger partial charge in [0.1, 0.15) is 0 Å². The lowest BCUT2D eigenvalue weighted by atomic mass is 9.87. The summed E-state index contributed by atoms with van der Waals surface area (Å²) in [7, 11) is 2.02. The van der Waals surface area contributed by atoms with Gasteiger partial charge < -0.3 is 16.0 Å². The third-order valence-electron chi connectivity index (χ3n) is 3.61. The molecule has 0 aliphatic rings. The number of likely N-dealkylation sites (N-methyl/N-ethyl adjacent to an activating group) is 1. The number of carbonyl (C=O) groups excluding carboxylic acids is 1. The highest BCUT2D eigenvalue weighted by Gasteiger charge is 2.27. The number of hydrogen-bond donors (Lipinski definition) is 2. The highest BCUT2D eigenvalue weighted by Crippen LogP contribution is 2.17. The number of para-hydroxylation sites is 1. The highest BCUT2D eigenvalue weighted by atomic mass is 16.2. The van der Waals surface area contributed by atoms with Crippen LogP contribution in [-0.2, 0) is 4.79 Å². The fourth-order valence-electron chi connectivity index (χ4n) is 1.81. The zero-order valence-electron chi connectivity index (χ0n) is 13.2. The van der Waals surface area contributed by atoms with E-state index in [1.807, 2.05) is 46.0 Å². The van der Waals surface area contributed by atoms with Gasteiger partial charge in [-0.05, 0) is 24.5 Å². The van der Waals surface area contributed by atoms with Crippen LogP contribution in [0.2, 0.25) is 0 Å². The largest absolute Gasteiger partial charge is 0.370 e. The molecule has 0 saturated carbocycles. The van der Waals surface area contributed by atoms with Crippen LogP contribution in [0.4, 0.5) is 5.69 Å². The van der Waals surface area contributed by atoms with Gasteiger partial charge in [0, 0.05) is 25.3 Å². The fourth-order valence-corrected chi connectivity index (χ4v) is 1.81. The maximum Gasteiger partial charge on any atom is 0.237 e. The first-order valence-corrected chi connectivity index (χ1v) is 7.04. The molecule has 0 radical (unpaired) electrons. The molecular formula is C16H27N3O. The number of nitrogens with zero attached hydrogens (tertiary/aromatic N) is 1. The number of nitrogens with two attached hydrogens (primary N) is 1. The lowest BCUT2D eigenvalue weighted by molar-refractivity contribution is -0.124. The van der Waals surface area contributed by atoms with Crippen LogP contribution in [0.15, 0.2) is 30.3 Å². The summed E-state index contributed by atoms with van der Waals surface area (Å²) in [6, 6.07) is 9.83. The number of amides is 1. The van der Waals surface area contributed by atoms with Gasteiger partial charge in [-0.1, -0.05) is 39.0 Å². The molecular weight excluding hydrogens is 250 g/mol. The first-order valence-electron chi connectivity index (χ1n) is 7.04. The number of benzene rings is 1. The van der Waals surface area contributed by atoms with E-state index in [4.69, 9.17) is 5.73 Å². The van der Waals surface area contributed by atoms with Crippen LogP contribution in [0.25, 0.3) is 0 Å². The fraction of sp³-hybridized carbons (Fsp3) is 0.562. The van der Waals surface area contributed by atoms with Gasteiger partial charge in [-0.15, -0.1) is 0 Å². The van der Waals surface area contributed by atoms with Crippen LogP contribution in [0, 0.1) is 5.41 Å². The molecule has 1 aromatic carbocycles. The van der Waals surface area contributed by atoms with Crippen molar-refractivity contribution in [1.29, 1.82) is 0 Å². The van der Waals surface area contributed by atoms with Crippen molar-refractivity contribution in [2.75, 3.05) is 18.5 Å². The molecule has 0 bridgehead atoms. The molecule has 0 saturated heterocycles. The topological polar surface area (TPSA) is 58.4 Å². The summed E-state index contributed by atoms with van der Waals surface area (Å²) < 4.78 is 0. The number of hydrogen-bond acceptors (Lipinski definition) is 3. The second kappa shape index (κ2) is 6.75. The first-order chi connectivity index (χ1) is 9.23. The van der Waals surface area contributed by atoms with Crippen LogP contribution in [0.1, 0.15) is 27.7 Å². The third kappa shape index (κ3) is 4.53. The highest BCUT2D eigenvalue weighted by molar-refractivity contribution is 5.82. The number of nitrogens with one attached hydrogen (secondary N) is 1. The molecule has 4 nitrogen and oxygen atoms in total. The van der Waals surface area contributed by atoms with Crippen molar-refractivity contribution >= 4 is 11.6 Å². The van der Waals surface area contributed by atoms with Gasteiger partial charge >= 0.3 is 0 Å². The molecule has 4 heteroatoms. The molecule has 2 atom stereocenters. The minimum Gasteiger partial charge on any atom is -0.370 e. The molecule has 1 aromatic rings. The van der Waals surface area contributed by atoms with Crippen LogP contribution in [0.3, 0.4) is 0 Å². The monoisotopic (exact) mass is 277 g/mol. The van der Waals surface area contributed by atoms with Crippen molar-refractivity contribution < 1.29 is 4.79 Å². The van der Waals surface area contributed by atoms with E-state index in [0.29, 0.717) is 6.54 Å². The van der Waals surface area contributed by atoms with Crippen molar-refractivity contribution in [3.8, 4) is 0 Å². The van der Waals surface area contributed by atoms with E-state index in [1.54, 1.807) is 0 Å². The number of rotatable bonds is 5.